The molecule has 0 N–H and O–H groups in total. The number of fused-ring (bicyclic) bond motifs is 3. The molecule has 0 heterocycles. The molecular formula is C54H37OP. The van der Waals surface area contributed by atoms with Crippen molar-refractivity contribution in [3.63, 3.8) is 0 Å². The predicted octanol–water partition coefficient (Wildman–Crippen LogP) is 13.5. The first-order valence-electron chi connectivity index (χ1n) is 19.1. The Bertz CT molecular complexity index is 3030. The molecule has 10 aromatic carbocycles. The van der Waals surface area contributed by atoms with Crippen LogP contribution >= 0.6 is 7.14 Å². The van der Waals surface area contributed by atoms with E-state index < -0.39 is 7.14 Å². The fourth-order valence-corrected chi connectivity index (χ4v) is 11.2. The van der Waals surface area contributed by atoms with Gasteiger partial charge in [-0.3, -0.25) is 0 Å². The molecule has 0 saturated carbocycles. The number of rotatable bonds is 7. The van der Waals surface area contributed by atoms with E-state index in [9.17, 15) is 0 Å². The second kappa shape index (κ2) is 14.1. The van der Waals surface area contributed by atoms with Crippen LogP contribution in [0, 0.1) is 0 Å². The van der Waals surface area contributed by atoms with E-state index in [1.807, 2.05) is 66.7 Å². The molecule has 0 aliphatic rings. The van der Waals surface area contributed by atoms with E-state index in [4.69, 9.17) is 0 Å². The molecule has 0 radical (unpaired) electrons. The molecule has 10 rings (SSSR count). The summed E-state index contributed by atoms with van der Waals surface area (Å²) >= 11 is 0. The minimum Gasteiger partial charge on any atom is -0.309 e. The third kappa shape index (κ3) is 5.77. The molecule has 0 aromatic heterocycles. The Balaban J connectivity index is 1.18. The van der Waals surface area contributed by atoms with E-state index in [0.717, 1.165) is 27.0 Å². The lowest BCUT2D eigenvalue weighted by Gasteiger charge is -2.21. The summed E-state index contributed by atoms with van der Waals surface area (Å²) in [6.45, 7) is 0. The largest absolute Gasteiger partial charge is 0.309 e. The van der Waals surface area contributed by atoms with Crippen molar-refractivity contribution in [2.75, 3.05) is 0 Å². The molecule has 2 heteroatoms. The van der Waals surface area contributed by atoms with E-state index in [0.29, 0.717) is 0 Å². The van der Waals surface area contributed by atoms with E-state index in [1.54, 1.807) is 0 Å². The minimum atomic E-state index is -3.15. The third-order valence-electron chi connectivity index (χ3n) is 11.1. The lowest BCUT2D eigenvalue weighted by atomic mass is 9.84. The summed E-state index contributed by atoms with van der Waals surface area (Å²) in [7, 11) is -3.15. The maximum atomic E-state index is 15.4. The molecule has 1 nitrogen and oxygen atoms in total. The molecule has 0 unspecified atom stereocenters. The Morgan fingerprint density at radius 2 is 0.696 bits per heavy atom. The molecule has 0 saturated heterocycles. The summed E-state index contributed by atoms with van der Waals surface area (Å²) in [5, 5.41) is 9.78. The van der Waals surface area contributed by atoms with E-state index in [2.05, 4.69) is 158 Å². The first-order valence-corrected chi connectivity index (χ1v) is 20.8. The highest BCUT2D eigenvalue weighted by molar-refractivity contribution is 7.85. The van der Waals surface area contributed by atoms with Crippen molar-refractivity contribution < 1.29 is 4.57 Å². The molecule has 56 heavy (non-hydrogen) atoms. The van der Waals surface area contributed by atoms with Crippen LogP contribution < -0.4 is 15.9 Å². The van der Waals surface area contributed by atoms with E-state index in [-0.39, 0.29) is 0 Å². The zero-order chi connectivity index (χ0) is 37.5. The maximum absolute atomic E-state index is 15.4. The fourth-order valence-electron chi connectivity index (χ4n) is 8.48. The Morgan fingerprint density at radius 3 is 1.38 bits per heavy atom. The van der Waals surface area contributed by atoms with Crippen molar-refractivity contribution >= 4 is 55.4 Å². The first kappa shape index (κ1) is 33.8. The van der Waals surface area contributed by atoms with Crippen LogP contribution in [0.2, 0.25) is 0 Å². The van der Waals surface area contributed by atoms with Gasteiger partial charge in [-0.2, -0.15) is 0 Å². The van der Waals surface area contributed by atoms with Gasteiger partial charge in [-0.05, 0) is 89.0 Å². The zero-order valence-corrected chi connectivity index (χ0v) is 31.6. The van der Waals surface area contributed by atoms with Gasteiger partial charge in [0.15, 0.2) is 7.14 Å². The monoisotopic (exact) mass is 732 g/mol. The first-order chi connectivity index (χ1) is 27.7. The number of hydrogen-bond donors (Lipinski definition) is 0. The highest BCUT2D eigenvalue weighted by Gasteiger charge is 2.30. The van der Waals surface area contributed by atoms with Crippen molar-refractivity contribution in [2.24, 2.45) is 0 Å². The SMILES string of the molecule is O=P(c1ccccc1)(c1ccccc1)c1cccc(-c2ccc3c(-c4ccc(-c5cccc6ccccc56)cc4)c4ccccc4c(-c4ccccc4)c3c2)c1. The topological polar surface area (TPSA) is 17.1 Å². The molecule has 0 aliphatic heterocycles. The molecule has 0 spiro atoms. The van der Waals surface area contributed by atoms with Crippen LogP contribution in [0.15, 0.2) is 224 Å². The lowest BCUT2D eigenvalue weighted by molar-refractivity contribution is 0.592. The molecule has 0 aliphatic carbocycles. The third-order valence-corrected chi connectivity index (χ3v) is 14.2. The summed E-state index contributed by atoms with van der Waals surface area (Å²) in [5.74, 6) is 0. The van der Waals surface area contributed by atoms with Crippen molar-refractivity contribution in [2.45, 2.75) is 0 Å². The van der Waals surface area contributed by atoms with Gasteiger partial charge in [-0.1, -0.05) is 212 Å². The molecule has 0 fully saturated rings. The second-order valence-electron chi connectivity index (χ2n) is 14.4. The Labute approximate surface area is 327 Å². The summed E-state index contributed by atoms with van der Waals surface area (Å²) in [6.07, 6.45) is 0. The number of hydrogen-bond acceptors (Lipinski definition) is 1. The minimum absolute atomic E-state index is 0.821. The van der Waals surface area contributed by atoms with Crippen LogP contribution in [-0.2, 0) is 4.57 Å². The number of benzene rings is 10. The van der Waals surface area contributed by atoms with Crippen LogP contribution in [0.3, 0.4) is 0 Å². The van der Waals surface area contributed by atoms with Gasteiger partial charge in [0.05, 0.1) is 0 Å². The quantitative estimate of drug-likeness (QED) is 0.118. The predicted molar refractivity (Wildman–Crippen MR) is 240 cm³/mol. The second-order valence-corrected chi connectivity index (χ2v) is 17.1. The molecule has 10 aromatic rings. The molecule has 0 atom stereocenters. The Kier molecular flexibility index (Phi) is 8.52. The maximum Gasteiger partial charge on any atom is 0.171 e. The summed E-state index contributed by atoms with van der Waals surface area (Å²) in [5.41, 5.74) is 9.33. The van der Waals surface area contributed by atoms with Gasteiger partial charge in [-0.25, -0.2) is 0 Å². The van der Waals surface area contributed by atoms with Crippen LogP contribution in [0.5, 0.6) is 0 Å². The van der Waals surface area contributed by atoms with Gasteiger partial charge in [0, 0.05) is 15.9 Å². The smallest absolute Gasteiger partial charge is 0.171 e. The standard InChI is InChI=1S/C54H37OP/c55-56(44-21-6-2-7-22-44,45-23-8-3-9-24-45)46-25-14-20-42(36-46)43-34-35-51-52(37-43)54(40-17-4-1-5-18-40)50-28-13-12-27-49(50)53(51)41-32-30-39(31-33-41)48-29-15-19-38-16-10-11-26-47(38)48/h1-37H. The van der Waals surface area contributed by atoms with Crippen LogP contribution in [0.25, 0.3) is 76.8 Å². The van der Waals surface area contributed by atoms with Gasteiger partial charge < -0.3 is 4.57 Å². The average Bonchev–Trinajstić information content (AvgIpc) is 3.28. The summed E-state index contributed by atoms with van der Waals surface area (Å²) < 4.78 is 15.4. The van der Waals surface area contributed by atoms with Gasteiger partial charge in [0.1, 0.15) is 0 Å². The highest BCUT2D eigenvalue weighted by atomic mass is 31.2. The van der Waals surface area contributed by atoms with Crippen LogP contribution in [0.1, 0.15) is 0 Å². The van der Waals surface area contributed by atoms with Gasteiger partial charge in [0.2, 0.25) is 0 Å². The van der Waals surface area contributed by atoms with Gasteiger partial charge >= 0.3 is 0 Å². The molecule has 0 bridgehead atoms. The van der Waals surface area contributed by atoms with E-state index >= 15 is 4.57 Å². The lowest BCUT2D eigenvalue weighted by Crippen LogP contribution is -2.25. The average molecular weight is 733 g/mol. The van der Waals surface area contributed by atoms with Crippen LogP contribution in [0.4, 0.5) is 0 Å². The highest BCUT2D eigenvalue weighted by Crippen LogP contribution is 2.46. The molecular weight excluding hydrogens is 696 g/mol. The fraction of sp³-hybridized carbons (Fsp3) is 0. The Morgan fingerprint density at radius 1 is 0.268 bits per heavy atom. The van der Waals surface area contributed by atoms with Crippen molar-refractivity contribution in [1.82, 2.24) is 0 Å². The van der Waals surface area contributed by atoms with Crippen molar-refractivity contribution in [1.29, 1.82) is 0 Å². The normalized spacial score (nSPS) is 11.6. The zero-order valence-electron chi connectivity index (χ0n) is 30.7. The summed E-state index contributed by atoms with van der Waals surface area (Å²) in [4.78, 5) is 0. The van der Waals surface area contributed by atoms with Crippen molar-refractivity contribution in [3.05, 3.63) is 224 Å². The van der Waals surface area contributed by atoms with E-state index in [1.165, 1.54) is 65.7 Å². The summed E-state index contributed by atoms with van der Waals surface area (Å²) in [6, 6.07) is 78.8. The molecule has 264 valence electrons. The Hall–Kier alpha value is -6.79. The van der Waals surface area contributed by atoms with Gasteiger partial charge in [0.25, 0.3) is 0 Å². The van der Waals surface area contributed by atoms with Crippen molar-refractivity contribution in [3.8, 4) is 44.5 Å². The molecule has 0 amide bonds. The van der Waals surface area contributed by atoms with Crippen LogP contribution in [-0.4, -0.2) is 0 Å². The van der Waals surface area contributed by atoms with Gasteiger partial charge in [-0.15, -0.1) is 0 Å².